The van der Waals surface area contributed by atoms with E-state index in [1.807, 2.05) is 18.2 Å². The Hall–Kier alpha value is -3.39. The van der Waals surface area contributed by atoms with Crippen LogP contribution in [0.25, 0.3) is 0 Å². The molecule has 4 rings (SSSR count). The molecule has 2 N–H and O–H groups in total. The highest BCUT2D eigenvalue weighted by molar-refractivity contribution is 7.16. The van der Waals surface area contributed by atoms with Crippen molar-refractivity contribution in [2.45, 2.75) is 32.2 Å². The van der Waals surface area contributed by atoms with Crippen molar-refractivity contribution in [1.29, 1.82) is 0 Å². The minimum absolute atomic E-state index is 0.152. The number of methoxy groups -OCH3 is 4. The summed E-state index contributed by atoms with van der Waals surface area (Å²) in [5.74, 6) is 2.44. The first kappa shape index (κ1) is 23.8. The Bertz CT molecular complexity index is 1170. The summed E-state index contributed by atoms with van der Waals surface area (Å²) in [4.78, 5) is 14.8. The molecule has 7 nitrogen and oxygen atoms in total. The summed E-state index contributed by atoms with van der Waals surface area (Å²) in [7, 11) is 6.42. The van der Waals surface area contributed by atoms with E-state index in [-0.39, 0.29) is 5.91 Å². The number of anilines is 2. The fraction of sp³-hybridized carbons (Fsp3) is 0.346. The summed E-state index contributed by atoms with van der Waals surface area (Å²) in [5.41, 5.74) is 3.47. The predicted octanol–water partition coefficient (Wildman–Crippen LogP) is 5.53. The lowest BCUT2D eigenvalue weighted by atomic mass is 9.95. The van der Waals surface area contributed by atoms with Crippen LogP contribution in [0.15, 0.2) is 36.4 Å². The van der Waals surface area contributed by atoms with E-state index in [0.717, 1.165) is 41.8 Å². The van der Waals surface area contributed by atoms with Gasteiger partial charge in [0, 0.05) is 17.5 Å². The van der Waals surface area contributed by atoms with Crippen LogP contribution >= 0.6 is 11.3 Å². The van der Waals surface area contributed by atoms with Gasteiger partial charge in [0.25, 0.3) is 5.91 Å². The van der Waals surface area contributed by atoms with Crippen LogP contribution in [0.3, 0.4) is 0 Å². The van der Waals surface area contributed by atoms with E-state index in [0.29, 0.717) is 40.8 Å². The van der Waals surface area contributed by atoms with E-state index in [4.69, 9.17) is 18.9 Å². The summed E-state index contributed by atoms with van der Waals surface area (Å²) in [6.07, 6.45) is 4.14. The lowest BCUT2D eigenvalue weighted by Gasteiger charge is -2.15. The van der Waals surface area contributed by atoms with Gasteiger partial charge in [0.1, 0.15) is 16.5 Å². The zero-order valence-electron chi connectivity index (χ0n) is 19.9. The number of ether oxygens (including phenoxy) is 4. The summed E-state index contributed by atoms with van der Waals surface area (Å²) < 4.78 is 21.5. The number of thiophene rings is 1. The predicted molar refractivity (Wildman–Crippen MR) is 135 cm³/mol. The summed E-state index contributed by atoms with van der Waals surface area (Å²) in [6.45, 7) is 0.558. The number of amides is 1. The van der Waals surface area contributed by atoms with E-state index in [9.17, 15) is 4.79 Å². The SMILES string of the molecule is COc1ccc(OC)c(NC(=O)c2c(NCc3ccc(OC)c(OC)c3)sc3c2CCCC3)c1. The smallest absolute Gasteiger partial charge is 0.259 e. The van der Waals surface area contributed by atoms with Crippen molar-refractivity contribution >= 4 is 27.9 Å². The lowest BCUT2D eigenvalue weighted by molar-refractivity contribution is 0.102. The quantitative estimate of drug-likeness (QED) is 0.418. The molecule has 0 aliphatic heterocycles. The molecule has 0 atom stereocenters. The molecular formula is C26H30N2O5S. The molecule has 0 radical (unpaired) electrons. The molecule has 2 aromatic carbocycles. The van der Waals surface area contributed by atoms with Gasteiger partial charge in [-0.2, -0.15) is 0 Å². The van der Waals surface area contributed by atoms with Crippen molar-refractivity contribution < 1.29 is 23.7 Å². The third-order valence-electron chi connectivity index (χ3n) is 5.95. The van der Waals surface area contributed by atoms with Crippen molar-refractivity contribution in [3.8, 4) is 23.0 Å². The fourth-order valence-corrected chi connectivity index (χ4v) is 5.48. The van der Waals surface area contributed by atoms with Crippen LogP contribution in [0.2, 0.25) is 0 Å². The lowest BCUT2D eigenvalue weighted by Crippen LogP contribution is -2.17. The number of carbonyl (C=O) groups is 1. The molecule has 1 heterocycles. The number of hydrogen-bond donors (Lipinski definition) is 2. The maximum Gasteiger partial charge on any atom is 0.259 e. The van der Waals surface area contributed by atoms with Gasteiger partial charge in [-0.1, -0.05) is 6.07 Å². The van der Waals surface area contributed by atoms with Crippen molar-refractivity contribution in [3.05, 3.63) is 58.0 Å². The average molecular weight is 483 g/mol. The van der Waals surface area contributed by atoms with Crippen molar-refractivity contribution in [3.63, 3.8) is 0 Å². The molecule has 34 heavy (non-hydrogen) atoms. The standard InChI is InChI=1S/C26H30N2O5S/c1-30-17-10-12-20(31-2)19(14-17)28-25(29)24-18-7-5-6-8-23(18)34-26(24)27-15-16-9-11-21(32-3)22(13-16)33-4/h9-14,27H,5-8,15H2,1-4H3,(H,28,29). The molecule has 0 saturated heterocycles. The molecule has 1 amide bonds. The zero-order valence-corrected chi connectivity index (χ0v) is 20.8. The highest BCUT2D eigenvalue weighted by atomic mass is 32.1. The van der Waals surface area contributed by atoms with Gasteiger partial charge in [-0.25, -0.2) is 0 Å². The zero-order chi connectivity index (χ0) is 24.1. The molecule has 180 valence electrons. The first-order valence-corrected chi connectivity index (χ1v) is 12.0. The highest BCUT2D eigenvalue weighted by Crippen LogP contribution is 2.40. The van der Waals surface area contributed by atoms with Gasteiger partial charge in [-0.05, 0) is 61.1 Å². The maximum absolute atomic E-state index is 13.6. The molecule has 0 spiro atoms. The van der Waals surface area contributed by atoms with Gasteiger partial charge in [0.05, 0.1) is 39.7 Å². The van der Waals surface area contributed by atoms with Crippen LogP contribution in [-0.2, 0) is 19.4 Å². The van der Waals surface area contributed by atoms with Gasteiger partial charge < -0.3 is 29.6 Å². The van der Waals surface area contributed by atoms with E-state index in [1.165, 1.54) is 4.88 Å². The second-order valence-electron chi connectivity index (χ2n) is 7.98. The minimum Gasteiger partial charge on any atom is -0.497 e. The summed E-state index contributed by atoms with van der Waals surface area (Å²) >= 11 is 1.67. The topological polar surface area (TPSA) is 78.1 Å². The van der Waals surface area contributed by atoms with Crippen LogP contribution < -0.4 is 29.6 Å². The molecular weight excluding hydrogens is 452 g/mol. The van der Waals surface area contributed by atoms with Crippen LogP contribution in [0.1, 0.15) is 39.2 Å². The Morgan fingerprint density at radius 3 is 2.35 bits per heavy atom. The minimum atomic E-state index is -0.152. The Kier molecular flexibility index (Phi) is 7.47. The second-order valence-corrected chi connectivity index (χ2v) is 9.08. The number of rotatable bonds is 9. The number of carbonyl (C=O) groups excluding carboxylic acids is 1. The van der Waals surface area contributed by atoms with E-state index < -0.39 is 0 Å². The molecule has 0 bridgehead atoms. The molecule has 0 fully saturated rings. The van der Waals surface area contributed by atoms with Crippen molar-refractivity contribution in [2.75, 3.05) is 39.1 Å². The number of aryl methyl sites for hydroxylation is 1. The molecule has 1 aromatic heterocycles. The third-order valence-corrected chi connectivity index (χ3v) is 7.20. The Morgan fingerprint density at radius 2 is 1.62 bits per heavy atom. The third kappa shape index (κ3) is 4.92. The second kappa shape index (κ2) is 10.7. The number of fused-ring (bicyclic) bond motifs is 1. The van der Waals surface area contributed by atoms with Crippen LogP contribution in [-0.4, -0.2) is 34.3 Å². The van der Waals surface area contributed by atoms with E-state index >= 15 is 0 Å². The van der Waals surface area contributed by atoms with Gasteiger partial charge in [-0.3, -0.25) is 4.79 Å². The van der Waals surface area contributed by atoms with Crippen LogP contribution in [0.5, 0.6) is 23.0 Å². The van der Waals surface area contributed by atoms with Gasteiger partial charge in [0.15, 0.2) is 11.5 Å². The number of hydrogen-bond acceptors (Lipinski definition) is 7. The Balaban J connectivity index is 1.62. The number of benzene rings is 2. The van der Waals surface area contributed by atoms with Gasteiger partial charge >= 0.3 is 0 Å². The Labute approximate surface area is 204 Å². The monoisotopic (exact) mass is 482 g/mol. The van der Waals surface area contributed by atoms with E-state index in [1.54, 1.807) is 58.0 Å². The molecule has 8 heteroatoms. The van der Waals surface area contributed by atoms with Crippen LogP contribution in [0, 0.1) is 0 Å². The van der Waals surface area contributed by atoms with Crippen molar-refractivity contribution in [2.24, 2.45) is 0 Å². The summed E-state index contributed by atoms with van der Waals surface area (Å²) in [5, 5.41) is 7.42. The largest absolute Gasteiger partial charge is 0.497 e. The van der Waals surface area contributed by atoms with Crippen LogP contribution in [0.4, 0.5) is 10.7 Å². The maximum atomic E-state index is 13.6. The first-order valence-electron chi connectivity index (χ1n) is 11.2. The first-order chi connectivity index (χ1) is 16.6. The number of nitrogens with one attached hydrogen (secondary N) is 2. The van der Waals surface area contributed by atoms with Crippen molar-refractivity contribution in [1.82, 2.24) is 0 Å². The molecule has 0 saturated carbocycles. The fourth-order valence-electron chi connectivity index (χ4n) is 4.20. The molecule has 0 unspecified atom stereocenters. The molecule has 1 aliphatic carbocycles. The van der Waals surface area contributed by atoms with Gasteiger partial charge in [-0.15, -0.1) is 11.3 Å². The van der Waals surface area contributed by atoms with Gasteiger partial charge in [0.2, 0.25) is 0 Å². The Morgan fingerprint density at radius 1 is 0.882 bits per heavy atom. The summed E-state index contributed by atoms with van der Waals surface area (Å²) in [6, 6.07) is 11.2. The highest BCUT2D eigenvalue weighted by Gasteiger charge is 2.26. The normalized spacial score (nSPS) is 12.5. The van der Waals surface area contributed by atoms with E-state index in [2.05, 4.69) is 10.6 Å². The molecule has 1 aliphatic rings. The average Bonchev–Trinajstić information content (AvgIpc) is 3.25. The molecule has 3 aromatic rings.